The number of piperazine rings is 1. The highest BCUT2D eigenvalue weighted by Crippen LogP contribution is 2.30. The lowest BCUT2D eigenvalue weighted by Gasteiger charge is -2.39. The number of aromatic nitrogens is 2. The van der Waals surface area contributed by atoms with Gasteiger partial charge in [0.1, 0.15) is 22.9 Å². The third-order valence-corrected chi connectivity index (χ3v) is 10.2. The molecule has 3 saturated heterocycles. The summed E-state index contributed by atoms with van der Waals surface area (Å²) in [5.41, 5.74) is 0.784. The van der Waals surface area contributed by atoms with Crippen LogP contribution in [0.5, 0.6) is 5.75 Å². The summed E-state index contributed by atoms with van der Waals surface area (Å²) in [5, 5.41) is 0. The van der Waals surface area contributed by atoms with E-state index in [2.05, 4.69) is 9.80 Å². The second-order valence-corrected chi connectivity index (χ2v) is 14.8. The van der Waals surface area contributed by atoms with Crippen molar-refractivity contribution in [2.24, 2.45) is 13.0 Å². The van der Waals surface area contributed by atoms with Crippen LogP contribution in [0.15, 0.2) is 41.2 Å². The second-order valence-electron chi connectivity index (χ2n) is 14.8. The molecule has 0 saturated carbocycles. The number of methoxy groups -OCH3 is 1. The molecule has 3 fully saturated rings. The highest BCUT2D eigenvalue weighted by molar-refractivity contribution is 6.00. The van der Waals surface area contributed by atoms with E-state index in [1.54, 1.807) is 43.5 Å². The largest absolute Gasteiger partial charge is 0.497 e. The molecule has 0 bridgehead atoms. The number of benzene rings is 2. The summed E-state index contributed by atoms with van der Waals surface area (Å²) in [7, 11) is 3.09. The molecule has 270 valence electrons. The first-order valence-corrected chi connectivity index (χ1v) is 17.6. The van der Waals surface area contributed by atoms with Crippen LogP contribution in [-0.2, 0) is 34.5 Å². The summed E-state index contributed by atoms with van der Waals surface area (Å²) < 4.78 is 29.6. The number of hydrogen-bond acceptors (Lipinski definition) is 8. The van der Waals surface area contributed by atoms with Gasteiger partial charge in [0.05, 0.1) is 19.2 Å². The third-order valence-electron chi connectivity index (χ3n) is 10.2. The molecule has 6 rings (SSSR count). The van der Waals surface area contributed by atoms with Crippen molar-refractivity contribution in [2.75, 3.05) is 52.9 Å². The molecule has 0 N–H and O–H groups in total. The molecule has 12 nitrogen and oxygen atoms in total. The number of fused-ring (bicyclic) bond motifs is 1. The van der Waals surface area contributed by atoms with Crippen LogP contribution in [0.2, 0.25) is 0 Å². The normalized spacial score (nSPS) is 20.2. The molecule has 3 aliphatic heterocycles. The van der Waals surface area contributed by atoms with Crippen molar-refractivity contribution in [1.29, 1.82) is 0 Å². The number of likely N-dealkylation sites (tertiary alicyclic amines) is 2. The molecule has 1 unspecified atom stereocenters. The fraction of sp³-hybridized carbons (Fsp3) is 0.568. The molecule has 3 aromatic rings. The molecule has 0 aliphatic carbocycles. The summed E-state index contributed by atoms with van der Waals surface area (Å²) >= 11 is 0. The number of imidazole rings is 1. The van der Waals surface area contributed by atoms with E-state index >= 15 is 4.39 Å². The van der Waals surface area contributed by atoms with Crippen LogP contribution in [0.3, 0.4) is 0 Å². The van der Waals surface area contributed by atoms with Crippen molar-refractivity contribution in [2.45, 2.75) is 71.2 Å². The van der Waals surface area contributed by atoms with E-state index in [1.807, 2.05) is 25.7 Å². The number of halogens is 1. The van der Waals surface area contributed by atoms with Crippen molar-refractivity contribution in [3.05, 3.63) is 63.8 Å². The topological polar surface area (TPSA) is 110 Å². The predicted molar refractivity (Wildman–Crippen MR) is 186 cm³/mol. The van der Waals surface area contributed by atoms with Gasteiger partial charge in [-0.15, -0.1) is 0 Å². The Bertz CT molecular complexity index is 1780. The molecule has 1 aromatic heterocycles. The van der Waals surface area contributed by atoms with E-state index in [0.717, 1.165) is 51.1 Å². The Hall–Kier alpha value is -4.23. The number of piperidine rings is 2. The molecule has 4 heterocycles. The van der Waals surface area contributed by atoms with Crippen LogP contribution in [0.1, 0.15) is 63.6 Å². The molecule has 1 atom stereocenters. The zero-order valence-electron chi connectivity index (χ0n) is 29.8. The SMILES string of the molecule is COc1ccc(CN2C(=O)CCC(n3c(=O)n(C)c4c(F)c(CN5CCN(CC6CCN(C(=O)OC(C)(C)C)CC6)CC5)ccc43)C2=O)cc1. The number of hydrogen-bond donors (Lipinski definition) is 0. The van der Waals surface area contributed by atoms with Gasteiger partial charge in [-0.1, -0.05) is 18.2 Å². The zero-order valence-corrected chi connectivity index (χ0v) is 29.8. The summed E-state index contributed by atoms with van der Waals surface area (Å²) in [6.45, 7) is 11.9. The molecule has 50 heavy (non-hydrogen) atoms. The number of rotatable bonds is 8. The Morgan fingerprint density at radius 1 is 0.880 bits per heavy atom. The Morgan fingerprint density at radius 3 is 2.18 bits per heavy atom. The number of nitrogens with zero attached hydrogens (tertiary/aromatic N) is 6. The lowest BCUT2D eigenvalue weighted by atomic mass is 9.96. The first-order valence-electron chi connectivity index (χ1n) is 17.6. The number of amides is 3. The molecule has 2 aromatic carbocycles. The van der Waals surface area contributed by atoms with Gasteiger partial charge in [-0.3, -0.25) is 28.5 Å². The Labute approximate surface area is 292 Å². The van der Waals surface area contributed by atoms with Gasteiger partial charge in [0.25, 0.3) is 5.91 Å². The third kappa shape index (κ3) is 7.58. The smallest absolute Gasteiger partial charge is 0.410 e. The van der Waals surface area contributed by atoms with Crippen LogP contribution in [0.4, 0.5) is 9.18 Å². The van der Waals surface area contributed by atoms with Crippen LogP contribution in [0.25, 0.3) is 11.0 Å². The Morgan fingerprint density at radius 2 is 1.54 bits per heavy atom. The van der Waals surface area contributed by atoms with Gasteiger partial charge in [-0.2, -0.15) is 0 Å². The summed E-state index contributed by atoms with van der Waals surface area (Å²) in [6, 6.07) is 9.65. The maximum Gasteiger partial charge on any atom is 0.410 e. The van der Waals surface area contributed by atoms with Crippen molar-refractivity contribution >= 4 is 28.9 Å². The standard InChI is InChI=1S/C37H49FN6O6/c1-37(2,3)50-36(48)42-16-14-26(15-17-42)22-40-18-20-41(21-19-40)24-27-8-11-29-33(32(27)38)39(4)35(47)44(29)30-12-13-31(45)43(34(30)46)23-25-6-9-28(49-5)10-7-25/h6-11,26,30H,12-24H2,1-5H3. The zero-order chi connectivity index (χ0) is 35.7. The van der Waals surface area contributed by atoms with Crippen molar-refractivity contribution in [3.63, 3.8) is 0 Å². The van der Waals surface area contributed by atoms with Crippen molar-refractivity contribution in [1.82, 2.24) is 28.7 Å². The van der Waals surface area contributed by atoms with Gasteiger partial charge in [0.2, 0.25) is 5.91 Å². The molecule has 3 aliphatic rings. The van der Waals surface area contributed by atoms with Crippen molar-refractivity contribution in [3.8, 4) is 5.75 Å². The molecular weight excluding hydrogens is 643 g/mol. The summed E-state index contributed by atoms with van der Waals surface area (Å²) in [5.74, 6) is -0.0435. The number of imide groups is 1. The molecule has 0 radical (unpaired) electrons. The predicted octanol–water partition coefficient (Wildman–Crippen LogP) is 4.14. The average Bonchev–Trinajstić information content (AvgIpc) is 3.34. The summed E-state index contributed by atoms with van der Waals surface area (Å²) in [6.07, 6.45) is 1.94. The molecule has 3 amide bonds. The number of aryl methyl sites for hydroxylation is 1. The van der Waals surface area contributed by atoms with Crippen LogP contribution >= 0.6 is 0 Å². The lowest BCUT2D eigenvalue weighted by Crippen LogP contribution is -2.49. The monoisotopic (exact) mass is 692 g/mol. The highest BCUT2D eigenvalue weighted by Gasteiger charge is 2.38. The number of carbonyl (C=O) groups is 3. The van der Waals surface area contributed by atoms with E-state index < -0.39 is 29.1 Å². The van der Waals surface area contributed by atoms with Gasteiger partial charge < -0.3 is 19.3 Å². The minimum absolute atomic E-state index is 0.0802. The van der Waals surface area contributed by atoms with Crippen LogP contribution in [-0.4, -0.2) is 105 Å². The van der Waals surface area contributed by atoms with Gasteiger partial charge >= 0.3 is 11.8 Å². The molecule has 13 heteroatoms. The van der Waals surface area contributed by atoms with E-state index in [4.69, 9.17) is 9.47 Å². The number of carbonyl (C=O) groups excluding carboxylic acids is 3. The Balaban J connectivity index is 1.08. The van der Waals surface area contributed by atoms with Crippen LogP contribution < -0.4 is 10.4 Å². The average molecular weight is 693 g/mol. The highest BCUT2D eigenvalue weighted by atomic mass is 19.1. The van der Waals surface area contributed by atoms with Gasteiger partial charge in [-0.05, 0) is 69.7 Å². The van der Waals surface area contributed by atoms with E-state index in [-0.39, 0.29) is 36.9 Å². The summed E-state index contributed by atoms with van der Waals surface area (Å²) in [4.78, 5) is 60.2. The minimum Gasteiger partial charge on any atom is -0.497 e. The quantitative estimate of drug-likeness (QED) is 0.324. The molecular formula is C37H49FN6O6. The van der Waals surface area contributed by atoms with E-state index in [0.29, 0.717) is 42.4 Å². The van der Waals surface area contributed by atoms with E-state index in [1.165, 1.54) is 21.1 Å². The Kier molecular flexibility index (Phi) is 10.4. The first kappa shape index (κ1) is 35.6. The lowest BCUT2D eigenvalue weighted by molar-refractivity contribution is -0.151. The number of ether oxygens (including phenoxy) is 2. The van der Waals surface area contributed by atoms with Crippen molar-refractivity contribution < 1.29 is 28.2 Å². The minimum atomic E-state index is -0.912. The fourth-order valence-corrected chi connectivity index (χ4v) is 7.39. The van der Waals surface area contributed by atoms with Crippen LogP contribution in [0, 0.1) is 11.7 Å². The van der Waals surface area contributed by atoms with Gasteiger partial charge in [0.15, 0.2) is 5.82 Å². The maximum atomic E-state index is 16.2. The van der Waals surface area contributed by atoms with Gasteiger partial charge in [0, 0.05) is 71.4 Å². The first-order chi connectivity index (χ1) is 23.8. The maximum absolute atomic E-state index is 16.2. The molecule has 0 spiro atoms. The fourth-order valence-electron chi connectivity index (χ4n) is 7.39. The van der Waals surface area contributed by atoms with Gasteiger partial charge in [-0.25, -0.2) is 14.0 Å². The second kappa shape index (κ2) is 14.6. The van der Waals surface area contributed by atoms with E-state index in [9.17, 15) is 19.2 Å².